The molecule has 1 aliphatic rings. The van der Waals surface area contributed by atoms with Gasteiger partial charge in [-0.25, -0.2) is 17.9 Å². The van der Waals surface area contributed by atoms with E-state index in [-0.39, 0.29) is 16.8 Å². The second-order valence-electron chi connectivity index (χ2n) is 3.68. The first-order valence-electron chi connectivity index (χ1n) is 5.27. The van der Waals surface area contributed by atoms with E-state index in [2.05, 4.69) is 26.0 Å². The lowest BCUT2D eigenvalue weighted by molar-refractivity contribution is 0.218. The third kappa shape index (κ3) is 3.22. The molecule has 0 bridgehead atoms. The Morgan fingerprint density at radius 3 is 2.83 bits per heavy atom. The van der Waals surface area contributed by atoms with Gasteiger partial charge in [-0.15, -0.1) is 11.3 Å². The van der Waals surface area contributed by atoms with E-state index in [1.807, 2.05) is 0 Å². The van der Waals surface area contributed by atoms with Crippen molar-refractivity contribution >= 4 is 43.3 Å². The van der Waals surface area contributed by atoms with Crippen molar-refractivity contribution in [3.63, 3.8) is 0 Å². The van der Waals surface area contributed by atoms with Crippen LogP contribution in [0, 0.1) is 0 Å². The monoisotopic (exact) mass is 353 g/mol. The highest BCUT2D eigenvalue weighted by atomic mass is 79.9. The zero-order valence-electron chi connectivity index (χ0n) is 9.35. The van der Waals surface area contributed by atoms with Crippen LogP contribution in [0.3, 0.4) is 0 Å². The summed E-state index contributed by atoms with van der Waals surface area (Å²) in [7, 11) is -3.47. The minimum atomic E-state index is -3.47. The number of sulfonamides is 1. The van der Waals surface area contributed by atoms with Crippen LogP contribution in [-0.4, -0.2) is 45.5 Å². The number of halogens is 1. The minimum Gasteiger partial charge on any atom is -0.336 e. The molecule has 1 aromatic heterocycles. The number of carbonyl (C=O) groups excluding carboxylic acids is 1. The summed E-state index contributed by atoms with van der Waals surface area (Å²) in [4.78, 5) is 12.8. The number of hydrogen-bond acceptors (Lipinski definition) is 4. The van der Waals surface area contributed by atoms with Crippen LogP contribution in [0.1, 0.15) is 0 Å². The Kier molecular flexibility index (Phi) is 4.25. The Labute approximate surface area is 118 Å². The predicted octanol–water partition coefficient (Wildman–Crippen LogP) is 0.814. The second-order valence-corrected chi connectivity index (χ2v) is 8.13. The number of urea groups is 1. The van der Waals surface area contributed by atoms with Gasteiger partial charge in [0.1, 0.15) is 4.21 Å². The number of nitrogens with one attached hydrogen (secondary N) is 2. The van der Waals surface area contributed by atoms with Crippen LogP contribution in [-0.2, 0) is 10.0 Å². The largest absolute Gasteiger partial charge is 0.336 e. The highest BCUT2D eigenvalue weighted by Gasteiger charge is 2.20. The molecule has 1 aromatic rings. The van der Waals surface area contributed by atoms with E-state index in [0.717, 1.165) is 15.1 Å². The normalized spacial score (nSPS) is 16.1. The van der Waals surface area contributed by atoms with E-state index in [1.165, 1.54) is 0 Å². The summed E-state index contributed by atoms with van der Waals surface area (Å²) in [5.74, 6) is 0. The van der Waals surface area contributed by atoms with Crippen molar-refractivity contribution in [1.29, 1.82) is 0 Å². The molecule has 2 rings (SSSR count). The summed E-state index contributed by atoms with van der Waals surface area (Å²) in [5, 5.41) is 2.66. The fourth-order valence-electron chi connectivity index (χ4n) is 1.55. The molecule has 2 amide bonds. The Morgan fingerprint density at radius 1 is 1.50 bits per heavy atom. The Hall–Kier alpha value is -0.640. The van der Waals surface area contributed by atoms with Gasteiger partial charge in [0.05, 0.1) is 3.79 Å². The van der Waals surface area contributed by atoms with E-state index in [9.17, 15) is 13.2 Å². The second kappa shape index (κ2) is 5.55. The summed E-state index contributed by atoms with van der Waals surface area (Å²) in [6.45, 7) is 1.82. The van der Waals surface area contributed by atoms with Gasteiger partial charge in [-0.2, -0.15) is 0 Å². The number of rotatable bonds is 5. The molecule has 0 radical (unpaired) electrons. The maximum Gasteiger partial charge on any atom is 0.317 e. The summed E-state index contributed by atoms with van der Waals surface area (Å²) in [6, 6.07) is 3.08. The molecule has 1 fully saturated rings. The van der Waals surface area contributed by atoms with Gasteiger partial charge in [0, 0.05) is 26.2 Å². The third-order valence-electron chi connectivity index (χ3n) is 2.43. The van der Waals surface area contributed by atoms with Crippen molar-refractivity contribution in [2.45, 2.75) is 4.21 Å². The summed E-state index contributed by atoms with van der Waals surface area (Å²) in [5.41, 5.74) is 0. The number of nitrogens with zero attached hydrogens (tertiary/aromatic N) is 1. The van der Waals surface area contributed by atoms with Gasteiger partial charge in [-0.05, 0) is 28.1 Å². The summed E-state index contributed by atoms with van der Waals surface area (Å²) >= 11 is 4.37. The van der Waals surface area contributed by atoms with Crippen LogP contribution in [0.25, 0.3) is 0 Å². The maximum atomic E-state index is 11.9. The molecule has 0 atom stereocenters. The number of carbonyl (C=O) groups is 1. The lowest BCUT2D eigenvalue weighted by Crippen LogP contribution is -2.36. The van der Waals surface area contributed by atoms with Crippen molar-refractivity contribution < 1.29 is 13.2 Å². The molecular weight excluding hydrogens is 342 g/mol. The molecule has 0 unspecified atom stereocenters. The molecule has 1 saturated heterocycles. The van der Waals surface area contributed by atoms with Crippen molar-refractivity contribution in [3.05, 3.63) is 15.9 Å². The van der Waals surface area contributed by atoms with Crippen LogP contribution in [0.15, 0.2) is 20.1 Å². The highest BCUT2D eigenvalue weighted by Crippen LogP contribution is 2.25. The van der Waals surface area contributed by atoms with Crippen molar-refractivity contribution in [1.82, 2.24) is 14.9 Å². The van der Waals surface area contributed by atoms with Crippen LogP contribution >= 0.6 is 27.3 Å². The standard InChI is InChI=1S/C9H12BrN3O3S2/c10-7-1-2-8(17-7)18(15,16)12-4-6-13-5-3-11-9(13)14/h1-2,12H,3-6H2,(H,11,14). The molecule has 0 spiro atoms. The minimum absolute atomic E-state index is 0.145. The van der Waals surface area contributed by atoms with Gasteiger partial charge in [0.25, 0.3) is 0 Å². The molecule has 18 heavy (non-hydrogen) atoms. The SMILES string of the molecule is O=C1NCCN1CCNS(=O)(=O)c1ccc(Br)s1. The Bertz CT molecular complexity index is 543. The van der Waals surface area contributed by atoms with Gasteiger partial charge < -0.3 is 10.2 Å². The first-order valence-corrected chi connectivity index (χ1v) is 8.36. The Balaban J connectivity index is 1.88. The van der Waals surface area contributed by atoms with Crippen LogP contribution < -0.4 is 10.0 Å². The van der Waals surface area contributed by atoms with Crippen molar-refractivity contribution in [3.8, 4) is 0 Å². The fraction of sp³-hybridized carbons (Fsp3) is 0.444. The van der Waals surface area contributed by atoms with Gasteiger partial charge in [-0.3, -0.25) is 0 Å². The first kappa shape index (κ1) is 13.8. The third-order valence-corrected chi connectivity index (χ3v) is 6.01. The van der Waals surface area contributed by atoms with Gasteiger partial charge in [0.2, 0.25) is 10.0 Å². The van der Waals surface area contributed by atoms with Crippen LogP contribution in [0.2, 0.25) is 0 Å². The van der Waals surface area contributed by atoms with E-state index >= 15 is 0 Å². The molecule has 0 aliphatic carbocycles. The lowest BCUT2D eigenvalue weighted by Gasteiger charge is -2.13. The number of hydrogen-bond donors (Lipinski definition) is 2. The molecule has 2 N–H and O–H groups in total. The number of amides is 2. The zero-order chi connectivity index (χ0) is 13.2. The average Bonchev–Trinajstić information content (AvgIpc) is 2.89. The van der Waals surface area contributed by atoms with Gasteiger partial charge in [0.15, 0.2) is 0 Å². The van der Waals surface area contributed by atoms with Crippen molar-refractivity contribution in [2.75, 3.05) is 26.2 Å². The molecule has 0 aromatic carbocycles. The van der Waals surface area contributed by atoms with Crippen LogP contribution in [0.4, 0.5) is 4.79 Å². The molecule has 2 heterocycles. The predicted molar refractivity (Wildman–Crippen MR) is 72.2 cm³/mol. The molecule has 9 heteroatoms. The summed E-state index contributed by atoms with van der Waals surface area (Å²) in [6.07, 6.45) is 0. The first-order chi connectivity index (χ1) is 8.49. The van der Waals surface area contributed by atoms with E-state index in [1.54, 1.807) is 17.0 Å². The van der Waals surface area contributed by atoms with E-state index in [0.29, 0.717) is 19.6 Å². The molecule has 1 aliphatic heterocycles. The lowest BCUT2D eigenvalue weighted by atomic mass is 10.5. The fourth-order valence-corrected chi connectivity index (χ4v) is 4.63. The average molecular weight is 354 g/mol. The molecule has 6 nitrogen and oxygen atoms in total. The summed E-state index contributed by atoms with van der Waals surface area (Å²) < 4.78 is 27.2. The van der Waals surface area contributed by atoms with Gasteiger partial charge in [-0.1, -0.05) is 0 Å². The van der Waals surface area contributed by atoms with Crippen molar-refractivity contribution in [2.24, 2.45) is 0 Å². The van der Waals surface area contributed by atoms with E-state index < -0.39 is 10.0 Å². The topological polar surface area (TPSA) is 78.5 Å². The zero-order valence-corrected chi connectivity index (χ0v) is 12.6. The Morgan fingerprint density at radius 2 is 2.28 bits per heavy atom. The maximum absolute atomic E-state index is 11.9. The van der Waals surface area contributed by atoms with E-state index in [4.69, 9.17) is 0 Å². The number of thiophene rings is 1. The molecular formula is C9H12BrN3O3S2. The molecule has 100 valence electrons. The van der Waals surface area contributed by atoms with Gasteiger partial charge >= 0.3 is 6.03 Å². The highest BCUT2D eigenvalue weighted by molar-refractivity contribution is 9.11. The van der Waals surface area contributed by atoms with Crippen LogP contribution in [0.5, 0.6) is 0 Å². The smallest absolute Gasteiger partial charge is 0.317 e. The quantitative estimate of drug-likeness (QED) is 0.822. The molecule has 0 saturated carbocycles.